The number of rotatable bonds is 3. The second-order valence-corrected chi connectivity index (χ2v) is 7.28. The molecule has 144 valence electrons. The molecule has 2 aliphatic heterocycles. The molecule has 6 nitrogen and oxygen atoms in total. The van der Waals surface area contributed by atoms with E-state index in [0.29, 0.717) is 54.4 Å². The molecule has 28 heavy (non-hydrogen) atoms. The second kappa shape index (κ2) is 7.28. The number of halogens is 1. The Labute approximate surface area is 168 Å². The summed E-state index contributed by atoms with van der Waals surface area (Å²) in [5, 5.41) is 0.454. The molecule has 2 aliphatic rings. The summed E-state index contributed by atoms with van der Waals surface area (Å²) >= 11 is 6.20. The van der Waals surface area contributed by atoms with Crippen LogP contribution in [0.25, 0.3) is 0 Å². The summed E-state index contributed by atoms with van der Waals surface area (Å²) in [5.74, 6) is -0.552. The molecule has 0 unspecified atom stereocenters. The lowest BCUT2D eigenvalue weighted by molar-refractivity contribution is -0.131. The molecule has 2 heterocycles. The van der Waals surface area contributed by atoms with Crippen molar-refractivity contribution < 1.29 is 14.4 Å². The summed E-state index contributed by atoms with van der Waals surface area (Å²) in [6.07, 6.45) is 0.487. The van der Waals surface area contributed by atoms with Gasteiger partial charge in [0.15, 0.2) is 0 Å². The highest BCUT2D eigenvalue weighted by Gasteiger charge is 2.38. The van der Waals surface area contributed by atoms with E-state index in [-0.39, 0.29) is 17.7 Å². The maximum absolute atomic E-state index is 12.9. The van der Waals surface area contributed by atoms with Crippen molar-refractivity contribution in [2.24, 2.45) is 0 Å². The summed E-state index contributed by atoms with van der Waals surface area (Å²) in [7, 11) is 0. The molecule has 0 aromatic heterocycles. The number of benzene rings is 2. The predicted octanol–water partition coefficient (Wildman–Crippen LogP) is 3.20. The van der Waals surface area contributed by atoms with Gasteiger partial charge in [0.05, 0.1) is 22.5 Å². The van der Waals surface area contributed by atoms with Crippen LogP contribution in [-0.4, -0.2) is 48.8 Å². The first-order chi connectivity index (χ1) is 13.5. The van der Waals surface area contributed by atoms with Gasteiger partial charge in [-0.3, -0.25) is 14.4 Å². The van der Waals surface area contributed by atoms with E-state index < -0.39 is 0 Å². The van der Waals surface area contributed by atoms with Crippen molar-refractivity contribution in [3.63, 3.8) is 0 Å². The number of carbonyl (C=O) groups excluding carboxylic acids is 3. The Balaban J connectivity index is 1.67. The van der Waals surface area contributed by atoms with Crippen LogP contribution in [0.3, 0.4) is 0 Å². The zero-order chi connectivity index (χ0) is 19.8. The maximum Gasteiger partial charge on any atom is 0.266 e. The van der Waals surface area contributed by atoms with Crippen LogP contribution in [0, 0.1) is 0 Å². The predicted molar refractivity (Wildman–Crippen MR) is 108 cm³/mol. The van der Waals surface area contributed by atoms with Gasteiger partial charge in [0.25, 0.3) is 11.8 Å². The summed E-state index contributed by atoms with van der Waals surface area (Å²) < 4.78 is 0. The first-order valence-electron chi connectivity index (χ1n) is 9.31. The van der Waals surface area contributed by atoms with Gasteiger partial charge in [-0.1, -0.05) is 30.7 Å². The molecule has 7 heteroatoms. The van der Waals surface area contributed by atoms with E-state index in [4.69, 9.17) is 11.6 Å². The quantitative estimate of drug-likeness (QED) is 0.746. The lowest BCUT2D eigenvalue weighted by Crippen LogP contribution is -2.49. The highest BCUT2D eigenvalue weighted by molar-refractivity contribution is 6.36. The Morgan fingerprint density at radius 1 is 0.929 bits per heavy atom. The molecule has 1 saturated heterocycles. The standard InChI is InChI=1S/C21H20ClN3O3/c1-2-19(26)24-11-9-23(10-12-24)17-8-7-14(22)13-18(17)25-20(27)15-5-3-4-6-16(15)21(25)28/h3-8,13H,2,9-12H2,1H3. The number of hydrogen-bond donors (Lipinski definition) is 0. The first kappa shape index (κ1) is 18.5. The van der Waals surface area contributed by atoms with Gasteiger partial charge < -0.3 is 9.80 Å². The number of carbonyl (C=O) groups is 3. The normalized spacial score (nSPS) is 16.6. The molecule has 2 aromatic carbocycles. The van der Waals surface area contributed by atoms with Crippen LogP contribution < -0.4 is 9.80 Å². The molecule has 0 N–H and O–H groups in total. The lowest BCUT2D eigenvalue weighted by Gasteiger charge is -2.37. The molecule has 0 radical (unpaired) electrons. The number of hydrogen-bond acceptors (Lipinski definition) is 4. The van der Waals surface area contributed by atoms with Crippen LogP contribution >= 0.6 is 11.6 Å². The van der Waals surface area contributed by atoms with E-state index in [9.17, 15) is 14.4 Å². The van der Waals surface area contributed by atoms with Crippen molar-refractivity contribution >= 4 is 40.7 Å². The van der Waals surface area contributed by atoms with E-state index in [1.54, 1.807) is 36.4 Å². The maximum atomic E-state index is 12.9. The van der Waals surface area contributed by atoms with Crippen LogP contribution in [-0.2, 0) is 4.79 Å². The topological polar surface area (TPSA) is 60.9 Å². The first-order valence-corrected chi connectivity index (χ1v) is 9.69. The van der Waals surface area contributed by atoms with Gasteiger partial charge in [0, 0.05) is 37.6 Å². The molecular weight excluding hydrogens is 378 g/mol. The largest absolute Gasteiger partial charge is 0.366 e. The summed E-state index contributed by atoms with van der Waals surface area (Å²) in [5.41, 5.74) is 2.05. The van der Waals surface area contributed by atoms with Gasteiger partial charge in [-0.05, 0) is 30.3 Å². The number of amides is 3. The average molecular weight is 398 g/mol. The van der Waals surface area contributed by atoms with E-state index in [0.717, 1.165) is 5.69 Å². The molecule has 1 fully saturated rings. The molecule has 3 amide bonds. The van der Waals surface area contributed by atoms with E-state index in [1.165, 1.54) is 4.90 Å². The molecule has 2 aromatic rings. The zero-order valence-electron chi connectivity index (χ0n) is 15.5. The minimum atomic E-state index is -0.344. The Bertz CT molecular complexity index is 932. The van der Waals surface area contributed by atoms with Crippen molar-refractivity contribution in [1.29, 1.82) is 0 Å². The van der Waals surface area contributed by atoms with Gasteiger partial charge in [-0.2, -0.15) is 0 Å². The number of nitrogens with zero attached hydrogens (tertiary/aromatic N) is 3. The average Bonchev–Trinajstić information content (AvgIpc) is 2.98. The van der Waals surface area contributed by atoms with E-state index in [2.05, 4.69) is 4.90 Å². The van der Waals surface area contributed by atoms with E-state index in [1.807, 2.05) is 17.9 Å². The Hall–Kier alpha value is -2.86. The highest BCUT2D eigenvalue weighted by Crippen LogP contribution is 2.37. The van der Waals surface area contributed by atoms with E-state index >= 15 is 0 Å². The summed E-state index contributed by atoms with van der Waals surface area (Å²) in [6, 6.07) is 12.1. The SMILES string of the molecule is CCC(=O)N1CCN(c2ccc(Cl)cc2N2C(=O)c3ccccc3C2=O)CC1. The van der Waals surface area contributed by atoms with Crippen molar-refractivity contribution in [2.45, 2.75) is 13.3 Å². The summed E-state index contributed by atoms with van der Waals surface area (Å²) in [4.78, 5) is 42.9. The van der Waals surface area contributed by atoms with Crippen molar-refractivity contribution in [3.05, 3.63) is 58.6 Å². The fraction of sp³-hybridized carbons (Fsp3) is 0.286. The zero-order valence-corrected chi connectivity index (χ0v) is 16.3. The summed E-state index contributed by atoms with van der Waals surface area (Å²) in [6.45, 7) is 4.33. The molecule has 4 rings (SSSR count). The van der Waals surface area contributed by atoms with Gasteiger partial charge in [-0.15, -0.1) is 0 Å². The Morgan fingerprint density at radius 3 is 2.11 bits per heavy atom. The Morgan fingerprint density at radius 2 is 1.54 bits per heavy atom. The highest BCUT2D eigenvalue weighted by atomic mass is 35.5. The van der Waals surface area contributed by atoms with Crippen LogP contribution in [0.5, 0.6) is 0 Å². The Kier molecular flexibility index (Phi) is 4.81. The second-order valence-electron chi connectivity index (χ2n) is 6.85. The van der Waals surface area contributed by atoms with Crippen LogP contribution in [0.2, 0.25) is 5.02 Å². The minimum Gasteiger partial charge on any atom is -0.366 e. The molecule has 0 atom stereocenters. The third-order valence-corrected chi connectivity index (χ3v) is 5.48. The lowest BCUT2D eigenvalue weighted by atomic mass is 10.1. The van der Waals surface area contributed by atoms with Crippen LogP contribution in [0.15, 0.2) is 42.5 Å². The van der Waals surface area contributed by atoms with Gasteiger partial charge >= 0.3 is 0 Å². The van der Waals surface area contributed by atoms with Crippen molar-refractivity contribution in [3.8, 4) is 0 Å². The van der Waals surface area contributed by atoms with Crippen LogP contribution in [0.1, 0.15) is 34.1 Å². The number of anilines is 2. The fourth-order valence-corrected chi connectivity index (χ4v) is 3.94. The molecule has 0 spiro atoms. The van der Waals surface area contributed by atoms with Gasteiger partial charge in [0.1, 0.15) is 0 Å². The fourth-order valence-electron chi connectivity index (χ4n) is 3.77. The van der Waals surface area contributed by atoms with Crippen LogP contribution in [0.4, 0.5) is 11.4 Å². The number of fused-ring (bicyclic) bond motifs is 1. The van der Waals surface area contributed by atoms with Gasteiger partial charge in [0.2, 0.25) is 5.91 Å². The molecule has 0 bridgehead atoms. The van der Waals surface area contributed by atoms with Crippen molar-refractivity contribution in [1.82, 2.24) is 4.90 Å². The van der Waals surface area contributed by atoms with Crippen molar-refractivity contribution in [2.75, 3.05) is 36.0 Å². The molecule has 0 saturated carbocycles. The smallest absolute Gasteiger partial charge is 0.266 e. The minimum absolute atomic E-state index is 0.135. The third-order valence-electron chi connectivity index (χ3n) is 5.25. The number of imide groups is 1. The third kappa shape index (κ3) is 3.03. The monoisotopic (exact) mass is 397 g/mol. The number of piperazine rings is 1. The molecular formula is C21H20ClN3O3. The van der Waals surface area contributed by atoms with Gasteiger partial charge in [-0.25, -0.2) is 4.90 Å². The molecule has 0 aliphatic carbocycles.